The van der Waals surface area contributed by atoms with Crippen LogP contribution in [0.5, 0.6) is 0 Å². The third-order valence-corrected chi connectivity index (χ3v) is 3.56. The molecule has 19 heavy (non-hydrogen) atoms. The first-order valence-electron chi connectivity index (χ1n) is 5.63. The number of benzene rings is 1. The lowest BCUT2D eigenvalue weighted by Gasteiger charge is -2.12. The van der Waals surface area contributed by atoms with Gasteiger partial charge in [-0.1, -0.05) is 46.9 Å². The van der Waals surface area contributed by atoms with Crippen molar-refractivity contribution in [1.29, 1.82) is 0 Å². The number of nitrogens with zero attached hydrogens (tertiary/aromatic N) is 2. The first-order valence-corrected chi connectivity index (χ1v) is 6.76. The van der Waals surface area contributed by atoms with Gasteiger partial charge in [0.05, 0.1) is 15.7 Å². The summed E-state index contributed by atoms with van der Waals surface area (Å²) in [6, 6.07) is 5.33. The van der Waals surface area contributed by atoms with Crippen molar-refractivity contribution in [3.05, 3.63) is 57.4 Å². The van der Waals surface area contributed by atoms with E-state index >= 15 is 0 Å². The Bertz CT molecular complexity index is 619. The fraction of sp³-hybridized carbons (Fsp3) is 0.143. The van der Waals surface area contributed by atoms with Crippen LogP contribution in [0.4, 0.5) is 0 Å². The van der Waals surface area contributed by atoms with Crippen LogP contribution in [0.2, 0.25) is 15.2 Å². The average Bonchev–Trinajstić information content (AvgIpc) is 2.33. The molecule has 0 atom stereocenters. The summed E-state index contributed by atoms with van der Waals surface area (Å²) in [5, 5.41) is 1.47. The molecule has 98 valence electrons. The van der Waals surface area contributed by atoms with Gasteiger partial charge in [-0.25, -0.2) is 9.97 Å². The van der Waals surface area contributed by atoms with E-state index in [2.05, 4.69) is 16.5 Å². The largest absolute Gasteiger partial charge is 0.233 e. The Morgan fingerprint density at radius 3 is 2.37 bits per heavy atom. The lowest BCUT2D eigenvalue weighted by Crippen LogP contribution is -2.00. The van der Waals surface area contributed by atoms with Crippen LogP contribution in [0.15, 0.2) is 30.9 Å². The van der Waals surface area contributed by atoms with E-state index in [1.807, 2.05) is 0 Å². The zero-order chi connectivity index (χ0) is 14.0. The first kappa shape index (κ1) is 14.3. The third-order valence-electron chi connectivity index (χ3n) is 2.62. The summed E-state index contributed by atoms with van der Waals surface area (Å²) in [4.78, 5) is 8.59. The number of aromatic nitrogens is 2. The number of halogens is 3. The van der Waals surface area contributed by atoms with Crippen LogP contribution in [0.3, 0.4) is 0 Å². The van der Waals surface area contributed by atoms with Gasteiger partial charge in [-0.3, -0.25) is 0 Å². The van der Waals surface area contributed by atoms with Crippen LogP contribution in [-0.2, 0) is 6.42 Å². The lowest BCUT2D eigenvalue weighted by atomic mass is 10.0. The van der Waals surface area contributed by atoms with Crippen LogP contribution in [-0.4, -0.2) is 9.97 Å². The van der Waals surface area contributed by atoms with Gasteiger partial charge >= 0.3 is 0 Å². The lowest BCUT2D eigenvalue weighted by molar-refractivity contribution is 1.02. The van der Waals surface area contributed by atoms with E-state index < -0.39 is 0 Å². The van der Waals surface area contributed by atoms with Gasteiger partial charge in [0.2, 0.25) is 0 Å². The topological polar surface area (TPSA) is 25.8 Å². The Morgan fingerprint density at radius 1 is 1.16 bits per heavy atom. The molecule has 0 spiro atoms. The molecular formula is C14H11Cl3N2. The molecular weight excluding hydrogens is 303 g/mol. The minimum atomic E-state index is 0.401. The SMILES string of the molecule is C=CCc1c(Cl)nc(C)nc1-c1c(Cl)cccc1Cl. The normalized spacial score (nSPS) is 10.5. The molecule has 0 radical (unpaired) electrons. The molecule has 0 unspecified atom stereocenters. The number of aryl methyl sites for hydroxylation is 1. The van der Waals surface area contributed by atoms with Crippen molar-refractivity contribution in [3.63, 3.8) is 0 Å². The highest BCUT2D eigenvalue weighted by Gasteiger charge is 2.17. The standard InChI is InChI=1S/C14H11Cl3N2/c1-3-5-9-13(18-8(2)19-14(9)17)12-10(15)6-4-7-11(12)16/h3-4,6-7H,1,5H2,2H3. The van der Waals surface area contributed by atoms with Crippen LogP contribution < -0.4 is 0 Å². The Morgan fingerprint density at radius 2 is 1.79 bits per heavy atom. The van der Waals surface area contributed by atoms with Crippen LogP contribution >= 0.6 is 34.8 Å². The number of hydrogen-bond acceptors (Lipinski definition) is 2. The van der Waals surface area contributed by atoms with Gasteiger partial charge in [0.15, 0.2) is 0 Å². The molecule has 0 amide bonds. The minimum Gasteiger partial charge on any atom is -0.233 e. The molecule has 1 aromatic carbocycles. The molecule has 0 aliphatic rings. The summed E-state index contributed by atoms with van der Waals surface area (Å²) in [6.45, 7) is 5.49. The second-order valence-corrected chi connectivity index (χ2v) is 5.15. The van der Waals surface area contributed by atoms with E-state index in [9.17, 15) is 0 Å². The van der Waals surface area contributed by atoms with Crippen molar-refractivity contribution in [2.24, 2.45) is 0 Å². The highest BCUT2D eigenvalue weighted by atomic mass is 35.5. The molecule has 0 saturated carbocycles. The van der Waals surface area contributed by atoms with Crippen molar-refractivity contribution < 1.29 is 0 Å². The Balaban J connectivity index is 2.77. The summed E-state index contributed by atoms with van der Waals surface area (Å²) in [5.74, 6) is 0.573. The smallest absolute Gasteiger partial charge is 0.136 e. The first-order chi connectivity index (χ1) is 9.04. The Labute approximate surface area is 127 Å². The third kappa shape index (κ3) is 2.92. The van der Waals surface area contributed by atoms with Crippen molar-refractivity contribution >= 4 is 34.8 Å². The number of rotatable bonds is 3. The molecule has 1 aromatic heterocycles. The molecule has 2 aromatic rings. The fourth-order valence-corrected chi connectivity index (χ4v) is 2.68. The maximum absolute atomic E-state index is 6.23. The maximum atomic E-state index is 6.23. The predicted molar refractivity (Wildman–Crippen MR) is 81.1 cm³/mol. The van der Waals surface area contributed by atoms with E-state index in [4.69, 9.17) is 34.8 Å². The summed E-state index contributed by atoms with van der Waals surface area (Å²) < 4.78 is 0. The monoisotopic (exact) mass is 312 g/mol. The van der Waals surface area contributed by atoms with Crippen molar-refractivity contribution in [3.8, 4) is 11.3 Å². The fourth-order valence-electron chi connectivity index (χ4n) is 1.82. The molecule has 5 heteroatoms. The predicted octanol–water partition coefficient (Wildman–Crippen LogP) is 5.14. The van der Waals surface area contributed by atoms with Gasteiger partial charge in [0.25, 0.3) is 0 Å². The molecule has 0 aliphatic heterocycles. The van der Waals surface area contributed by atoms with E-state index in [1.54, 1.807) is 31.2 Å². The second-order valence-electron chi connectivity index (χ2n) is 3.98. The van der Waals surface area contributed by atoms with Crippen molar-refractivity contribution in [2.45, 2.75) is 13.3 Å². The highest BCUT2D eigenvalue weighted by molar-refractivity contribution is 6.39. The molecule has 0 bridgehead atoms. The molecule has 0 N–H and O–H groups in total. The highest BCUT2D eigenvalue weighted by Crippen LogP contribution is 2.37. The average molecular weight is 314 g/mol. The summed E-state index contributed by atoms with van der Waals surface area (Å²) in [6.07, 6.45) is 2.30. The number of hydrogen-bond donors (Lipinski definition) is 0. The van der Waals surface area contributed by atoms with Crippen LogP contribution in [0.1, 0.15) is 11.4 Å². The van der Waals surface area contributed by atoms with E-state index in [0.717, 1.165) is 5.56 Å². The molecule has 2 rings (SSSR count). The van der Waals surface area contributed by atoms with Gasteiger partial charge in [-0.2, -0.15) is 0 Å². The quantitative estimate of drug-likeness (QED) is 0.579. The minimum absolute atomic E-state index is 0.401. The van der Waals surface area contributed by atoms with E-state index in [1.165, 1.54) is 0 Å². The van der Waals surface area contributed by atoms with E-state index in [-0.39, 0.29) is 0 Å². The zero-order valence-corrected chi connectivity index (χ0v) is 12.5. The second kappa shape index (κ2) is 5.91. The zero-order valence-electron chi connectivity index (χ0n) is 10.3. The molecule has 0 fully saturated rings. The van der Waals surface area contributed by atoms with Crippen molar-refractivity contribution in [2.75, 3.05) is 0 Å². The molecule has 1 heterocycles. The summed E-state index contributed by atoms with van der Waals surface area (Å²) in [7, 11) is 0. The molecule has 0 aliphatic carbocycles. The maximum Gasteiger partial charge on any atom is 0.136 e. The van der Waals surface area contributed by atoms with Gasteiger partial charge in [0.1, 0.15) is 11.0 Å². The Kier molecular flexibility index (Phi) is 4.46. The van der Waals surface area contributed by atoms with Crippen molar-refractivity contribution in [1.82, 2.24) is 9.97 Å². The van der Waals surface area contributed by atoms with Gasteiger partial charge in [-0.05, 0) is 25.5 Å². The molecule has 0 saturated heterocycles. The van der Waals surface area contributed by atoms with Crippen LogP contribution in [0, 0.1) is 6.92 Å². The van der Waals surface area contributed by atoms with Gasteiger partial charge in [-0.15, -0.1) is 6.58 Å². The van der Waals surface area contributed by atoms with Gasteiger partial charge in [0, 0.05) is 11.1 Å². The van der Waals surface area contributed by atoms with Gasteiger partial charge < -0.3 is 0 Å². The molecule has 2 nitrogen and oxygen atoms in total. The van der Waals surface area contributed by atoms with E-state index in [0.29, 0.717) is 38.7 Å². The van der Waals surface area contributed by atoms with Crippen LogP contribution in [0.25, 0.3) is 11.3 Å². The Hall–Kier alpha value is -1.09. The summed E-state index contributed by atoms with van der Waals surface area (Å²) in [5.41, 5.74) is 2.11. The number of allylic oxidation sites excluding steroid dienone is 1. The summed E-state index contributed by atoms with van der Waals surface area (Å²) >= 11 is 18.6.